The number of thioether (sulfide) groups is 1. The minimum absolute atomic E-state index is 0.504. The normalized spacial score (nSPS) is 12.0. The molecule has 0 aromatic carbocycles. The largest absolute Gasteiger partial charge is 0.165 e. The lowest BCUT2D eigenvalue weighted by molar-refractivity contribution is 0.323. The first-order chi connectivity index (χ1) is 6.24. The Morgan fingerprint density at radius 1 is 1.15 bits per heavy atom. The Labute approximate surface area is 104 Å². The van der Waals surface area contributed by atoms with Crippen LogP contribution in [-0.2, 0) is 0 Å². The van der Waals surface area contributed by atoms with E-state index in [0.717, 1.165) is 10.7 Å². The first kappa shape index (κ1) is 14.3. The van der Waals surface area contributed by atoms with Gasteiger partial charge in [0.15, 0.2) is 0 Å². The molecule has 13 heavy (non-hydrogen) atoms. The molecule has 0 N–H and O–H groups in total. The summed E-state index contributed by atoms with van der Waals surface area (Å²) in [6.45, 7) is 2.27. The minimum atomic E-state index is 0.504. The maximum Gasteiger partial charge on any atom is 0.00959 e. The van der Waals surface area contributed by atoms with E-state index in [1.165, 1.54) is 31.4 Å². The highest BCUT2D eigenvalue weighted by Crippen LogP contribution is 2.34. The molecule has 0 nitrogen and oxygen atoms in total. The van der Waals surface area contributed by atoms with Crippen molar-refractivity contribution in [2.24, 2.45) is 5.41 Å². The van der Waals surface area contributed by atoms with Crippen molar-refractivity contribution in [1.82, 2.24) is 0 Å². The predicted octanol–water partition coefficient (Wildman–Crippen LogP) is 4.71. The summed E-state index contributed by atoms with van der Waals surface area (Å²) in [4.78, 5) is 0. The van der Waals surface area contributed by atoms with Crippen molar-refractivity contribution in [3.8, 4) is 0 Å². The zero-order chi connectivity index (χ0) is 10.2. The van der Waals surface area contributed by atoms with Gasteiger partial charge in [0.2, 0.25) is 0 Å². The van der Waals surface area contributed by atoms with Crippen LogP contribution in [0.15, 0.2) is 0 Å². The molecule has 3 heteroatoms. The summed E-state index contributed by atoms with van der Waals surface area (Å²) in [5.41, 5.74) is 0.504. The SMILES string of the molecule is CCCC(CBr)(CBr)CCCSC. The fraction of sp³-hybridized carbons (Fsp3) is 1.00. The van der Waals surface area contributed by atoms with Gasteiger partial charge in [-0.15, -0.1) is 0 Å². The van der Waals surface area contributed by atoms with E-state index in [1.807, 2.05) is 11.8 Å². The first-order valence-electron chi connectivity index (χ1n) is 4.85. The van der Waals surface area contributed by atoms with Gasteiger partial charge in [-0.25, -0.2) is 0 Å². The highest BCUT2D eigenvalue weighted by Gasteiger charge is 2.25. The van der Waals surface area contributed by atoms with Crippen molar-refractivity contribution in [3.63, 3.8) is 0 Å². The Kier molecular flexibility index (Phi) is 9.47. The van der Waals surface area contributed by atoms with Crippen LogP contribution in [0.2, 0.25) is 0 Å². The van der Waals surface area contributed by atoms with Crippen LogP contribution >= 0.6 is 43.6 Å². The summed E-state index contributed by atoms with van der Waals surface area (Å²) >= 11 is 9.25. The Balaban J connectivity index is 3.89. The fourth-order valence-electron chi connectivity index (χ4n) is 1.55. The molecule has 0 aromatic heterocycles. The van der Waals surface area contributed by atoms with Gasteiger partial charge in [-0.1, -0.05) is 45.2 Å². The Morgan fingerprint density at radius 3 is 2.15 bits per heavy atom. The van der Waals surface area contributed by atoms with Crippen LogP contribution in [0.25, 0.3) is 0 Å². The molecule has 0 unspecified atom stereocenters. The molecular weight excluding hydrogens is 312 g/mol. The van der Waals surface area contributed by atoms with E-state index in [4.69, 9.17) is 0 Å². The van der Waals surface area contributed by atoms with Gasteiger partial charge < -0.3 is 0 Å². The summed E-state index contributed by atoms with van der Waals surface area (Å²) in [6, 6.07) is 0. The molecule has 80 valence electrons. The number of hydrogen-bond acceptors (Lipinski definition) is 1. The fourth-order valence-corrected chi connectivity index (χ4v) is 4.03. The van der Waals surface area contributed by atoms with Crippen molar-refractivity contribution >= 4 is 43.6 Å². The number of alkyl halides is 2. The van der Waals surface area contributed by atoms with E-state index in [9.17, 15) is 0 Å². The van der Waals surface area contributed by atoms with Gasteiger partial charge in [0.05, 0.1) is 0 Å². The third-order valence-corrected chi connectivity index (χ3v) is 5.48. The molecule has 0 aliphatic carbocycles. The quantitative estimate of drug-likeness (QED) is 0.458. The second-order valence-corrected chi connectivity index (χ2v) is 5.72. The molecule has 0 heterocycles. The Hall–Kier alpha value is 1.31. The van der Waals surface area contributed by atoms with Crippen molar-refractivity contribution in [2.45, 2.75) is 32.6 Å². The molecular formula is C10H20Br2S. The molecule has 0 rings (SSSR count). The smallest absolute Gasteiger partial charge is 0.00959 e. The summed E-state index contributed by atoms with van der Waals surface area (Å²) in [7, 11) is 0. The summed E-state index contributed by atoms with van der Waals surface area (Å²) in [5.74, 6) is 1.30. The molecule has 0 aromatic rings. The van der Waals surface area contributed by atoms with Gasteiger partial charge in [0.25, 0.3) is 0 Å². The van der Waals surface area contributed by atoms with Crippen molar-refractivity contribution in [1.29, 1.82) is 0 Å². The number of hydrogen-bond donors (Lipinski definition) is 0. The van der Waals surface area contributed by atoms with Crippen molar-refractivity contribution in [3.05, 3.63) is 0 Å². The average Bonchev–Trinajstić information content (AvgIpc) is 2.17. The summed E-state index contributed by atoms with van der Waals surface area (Å²) in [5, 5.41) is 2.26. The van der Waals surface area contributed by atoms with Crippen LogP contribution in [0.3, 0.4) is 0 Å². The molecule has 0 radical (unpaired) electrons. The highest BCUT2D eigenvalue weighted by molar-refractivity contribution is 9.09. The van der Waals surface area contributed by atoms with Crippen LogP contribution < -0.4 is 0 Å². The van der Waals surface area contributed by atoms with Gasteiger partial charge in [0.1, 0.15) is 0 Å². The predicted molar refractivity (Wildman–Crippen MR) is 72.5 cm³/mol. The van der Waals surface area contributed by atoms with E-state index in [0.29, 0.717) is 5.41 Å². The van der Waals surface area contributed by atoms with Crippen LogP contribution in [0, 0.1) is 5.41 Å². The molecule has 0 fully saturated rings. The monoisotopic (exact) mass is 330 g/mol. The third kappa shape index (κ3) is 5.68. The van der Waals surface area contributed by atoms with Gasteiger partial charge in [-0.3, -0.25) is 0 Å². The van der Waals surface area contributed by atoms with Crippen LogP contribution in [-0.4, -0.2) is 22.7 Å². The lowest BCUT2D eigenvalue weighted by atomic mass is 9.83. The van der Waals surface area contributed by atoms with Crippen LogP contribution in [0.4, 0.5) is 0 Å². The Bertz CT molecular complexity index is 113. The average molecular weight is 332 g/mol. The molecule has 0 spiro atoms. The number of halogens is 2. The van der Waals surface area contributed by atoms with Crippen molar-refractivity contribution < 1.29 is 0 Å². The molecule has 0 saturated carbocycles. The summed E-state index contributed by atoms with van der Waals surface area (Å²) < 4.78 is 0. The van der Waals surface area contributed by atoms with Gasteiger partial charge in [-0.2, -0.15) is 11.8 Å². The lowest BCUT2D eigenvalue weighted by Crippen LogP contribution is -2.24. The third-order valence-electron chi connectivity index (χ3n) is 2.40. The van der Waals surface area contributed by atoms with Gasteiger partial charge in [-0.05, 0) is 36.7 Å². The molecule has 0 aliphatic rings. The summed E-state index contributed by atoms with van der Waals surface area (Å²) in [6.07, 6.45) is 7.49. The highest BCUT2D eigenvalue weighted by atomic mass is 79.9. The molecule has 0 atom stereocenters. The zero-order valence-electron chi connectivity index (χ0n) is 8.61. The molecule has 0 bridgehead atoms. The molecule has 0 amide bonds. The van der Waals surface area contributed by atoms with E-state index in [-0.39, 0.29) is 0 Å². The van der Waals surface area contributed by atoms with Crippen LogP contribution in [0.1, 0.15) is 32.6 Å². The Morgan fingerprint density at radius 2 is 1.77 bits per heavy atom. The second kappa shape index (κ2) is 8.60. The standard InChI is InChI=1S/C10H20Br2S/c1-3-5-10(8-11,9-12)6-4-7-13-2/h3-9H2,1-2H3. The van der Waals surface area contributed by atoms with Gasteiger partial charge in [0, 0.05) is 10.7 Å². The maximum atomic E-state index is 3.65. The second-order valence-electron chi connectivity index (χ2n) is 3.61. The van der Waals surface area contributed by atoms with Crippen LogP contribution in [0.5, 0.6) is 0 Å². The zero-order valence-corrected chi connectivity index (χ0v) is 12.6. The van der Waals surface area contributed by atoms with E-state index >= 15 is 0 Å². The van der Waals surface area contributed by atoms with E-state index in [1.54, 1.807) is 0 Å². The topological polar surface area (TPSA) is 0 Å². The van der Waals surface area contributed by atoms with E-state index < -0.39 is 0 Å². The first-order valence-corrected chi connectivity index (χ1v) is 8.49. The lowest BCUT2D eigenvalue weighted by Gasteiger charge is -2.29. The van der Waals surface area contributed by atoms with Crippen molar-refractivity contribution in [2.75, 3.05) is 22.7 Å². The number of rotatable bonds is 8. The maximum absolute atomic E-state index is 3.65. The molecule has 0 aliphatic heterocycles. The van der Waals surface area contributed by atoms with Gasteiger partial charge >= 0.3 is 0 Å². The van der Waals surface area contributed by atoms with E-state index in [2.05, 4.69) is 45.0 Å². The molecule has 0 saturated heterocycles. The minimum Gasteiger partial charge on any atom is -0.165 e.